The Morgan fingerprint density at radius 1 is 1.26 bits per heavy atom. The molecule has 0 saturated carbocycles. The van der Waals surface area contributed by atoms with Crippen molar-refractivity contribution in [2.45, 2.75) is 39.6 Å². The molecule has 5 nitrogen and oxygen atoms in total. The minimum atomic E-state index is -4.43. The lowest BCUT2D eigenvalue weighted by Crippen LogP contribution is -2.41. The largest absolute Gasteiger partial charge is 0.489 e. The van der Waals surface area contributed by atoms with Gasteiger partial charge >= 0.3 is 6.18 Å². The molecule has 0 aliphatic carbocycles. The topological polar surface area (TPSA) is 58.5 Å². The van der Waals surface area contributed by atoms with E-state index in [0.29, 0.717) is 24.1 Å². The summed E-state index contributed by atoms with van der Waals surface area (Å²) in [6, 6.07) is 7.77. The van der Waals surface area contributed by atoms with Crippen LogP contribution in [0, 0.1) is 6.92 Å². The lowest BCUT2D eigenvalue weighted by molar-refractivity contribution is -0.140. The zero-order valence-corrected chi connectivity index (χ0v) is 16.2. The number of hydrogen-bond acceptors (Lipinski definition) is 4. The van der Waals surface area contributed by atoms with Gasteiger partial charge in [0, 0.05) is 11.9 Å². The highest BCUT2D eigenvalue weighted by atomic mass is 32.1. The monoisotopic (exact) mass is 400 g/mol. The Balaban J connectivity index is 1.89. The van der Waals surface area contributed by atoms with Crippen molar-refractivity contribution in [2.75, 3.05) is 13.1 Å². The third-order valence-electron chi connectivity index (χ3n) is 3.47. The second-order valence-electron chi connectivity index (χ2n) is 5.94. The van der Waals surface area contributed by atoms with Crippen LogP contribution in [0.1, 0.15) is 30.1 Å². The van der Waals surface area contributed by atoms with Crippen molar-refractivity contribution >= 4 is 17.3 Å². The van der Waals surface area contributed by atoms with Crippen molar-refractivity contribution in [3.63, 3.8) is 0 Å². The Morgan fingerprint density at radius 2 is 1.96 bits per heavy atom. The molecule has 1 atom stereocenters. The first kappa shape index (κ1) is 21.0. The van der Waals surface area contributed by atoms with E-state index in [1.54, 1.807) is 0 Å². The van der Waals surface area contributed by atoms with E-state index in [2.05, 4.69) is 20.6 Å². The number of nitrogens with zero attached hydrogens (tertiary/aromatic N) is 2. The molecule has 2 rings (SSSR count). The summed E-state index contributed by atoms with van der Waals surface area (Å²) in [6.45, 7) is 7.04. The van der Waals surface area contributed by atoms with Gasteiger partial charge in [-0.05, 0) is 32.9 Å². The van der Waals surface area contributed by atoms with Crippen molar-refractivity contribution in [1.29, 1.82) is 0 Å². The number of alkyl halides is 3. The molecule has 0 bridgehead atoms. The molecule has 2 N–H and O–H groups in total. The molecule has 1 heterocycles. The number of halogens is 3. The summed E-state index contributed by atoms with van der Waals surface area (Å²) < 4.78 is 43.6. The minimum absolute atomic E-state index is 0.0727. The van der Waals surface area contributed by atoms with Crippen LogP contribution in [-0.4, -0.2) is 30.1 Å². The van der Waals surface area contributed by atoms with Crippen LogP contribution >= 0.6 is 11.3 Å². The van der Waals surface area contributed by atoms with Crippen LogP contribution in [0.25, 0.3) is 0 Å². The third-order valence-corrected chi connectivity index (χ3v) is 4.31. The van der Waals surface area contributed by atoms with Gasteiger partial charge < -0.3 is 15.4 Å². The number of rotatable bonds is 7. The zero-order valence-electron chi connectivity index (χ0n) is 15.4. The first-order chi connectivity index (χ1) is 12.8. The van der Waals surface area contributed by atoms with Gasteiger partial charge in [-0.3, -0.25) is 0 Å². The van der Waals surface area contributed by atoms with E-state index >= 15 is 0 Å². The number of guanidine groups is 1. The predicted molar refractivity (Wildman–Crippen MR) is 101 cm³/mol. The van der Waals surface area contributed by atoms with Crippen LogP contribution in [-0.2, 0) is 12.7 Å². The van der Waals surface area contributed by atoms with Gasteiger partial charge in [0.25, 0.3) is 0 Å². The molecule has 2 aromatic rings. The summed E-state index contributed by atoms with van der Waals surface area (Å²) >= 11 is 0.945. The Labute approximate surface area is 160 Å². The number of hydrogen-bond donors (Lipinski definition) is 2. The highest BCUT2D eigenvalue weighted by Crippen LogP contribution is 2.30. The number of aromatic nitrogens is 1. The van der Waals surface area contributed by atoms with E-state index in [0.717, 1.165) is 28.0 Å². The predicted octanol–water partition coefficient (Wildman–Crippen LogP) is 3.99. The standard InChI is InChI=1S/C18H23F3N4OS/c1-4-22-17(24-10-16-25-15(11-27-16)18(19,20)21)23-9-13(3)26-14-7-5-12(2)6-8-14/h5-8,11,13H,4,9-10H2,1-3H3,(H2,22,23,24). The Kier molecular flexibility index (Phi) is 7.46. The van der Waals surface area contributed by atoms with Gasteiger partial charge in [0.05, 0.1) is 13.1 Å². The normalized spacial score (nSPS) is 13.3. The lowest BCUT2D eigenvalue weighted by Gasteiger charge is -2.17. The third kappa shape index (κ3) is 7.09. The molecule has 1 aromatic heterocycles. The van der Waals surface area contributed by atoms with Gasteiger partial charge in [-0.25, -0.2) is 9.98 Å². The van der Waals surface area contributed by atoms with Crippen molar-refractivity contribution in [3.05, 3.63) is 45.9 Å². The van der Waals surface area contributed by atoms with Gasteiger partial charge in [0.1, 0.15) is 16.9 Å². The van der Waals surface area contributed by atoms with E-state index in [4.69, 9.17) is 4.74 Å². The van der Waals surface area contributed by atoms with Gasteiger partial charge in [-0.15, -0.1) is 11.3 Å². The Bertz CT molecular complexity index is 744. The molecule has 0 aliphatic rings. The van der Waals surface area contributed by atoms with Gasteiger partial charge in [0.15, 0.2) is 11.7 Å². The highest BCUT2D eigenvalue weighted by Gasteiger charge is 2.33. The van der Waals surface area contributed by atoms with Crippen molar-refractivity contribution in [2.24, 2.45) is 4.99 Å². The average molecular weight is 400 g/mol. The van der Waals surface area contributed by atoms with Crippen LogP contribution in [0.5, 0.6) is 5.75 Å². The van der Waals surface area contributed by atoms with Gasteiger partial charge in [-0.1, -0.05) is 17.7 Å². The maximum atomic E-state index is 12.6. The molecule has 1 unspecified atom stereocenters. The van der Waals surface area contributed by atoms with Gasteiger partial charge in [-0.2, -0.15) is 13.2 Å². The fourth-order valence-corrected chi connectivity index (χ4v) is 2.86. The molecule has 0 radical (unpaired) electrons. The summed E-state index contributed by atoms with van der Waals surface area (Å²) in [5.74, 6) is 1.28. The first-order valence-electron chi connectivity index (χ1n) is 8.55. The Hall–Kier alpha value is -2.29. The second kappa shape index (κ2) is 9.59. The van der Waals surface area contributed by atoms with E-state index < -0.39 is 11.9 Å². The molecule has 148 valence electrons. The number of thiazole rings is 1. The van der Waals surface area contributed by atoms with Crippen LogP contribution in [0.4, 0.5) is 13.2 Å². The quantitative estimate of drug-likeness (QED) is 0.545. The van der Waals surface area contributed by atoms with E-state index in [-0.39, 0.29) is 12.6 Å². The molecule has 0 aliphatic heterocycles. The molecule has 0 fully saturated rings. The summed E-state index contributed by atoms with van der Waals surface area (Å²) in [5, 5.41) is 7.49. The molecule has 0 spiro atoms. The molecule has 0 saturated heterocycles. The van der Waals surface area contributed by atoms with Gasteiger partial charge in [0.2, 0.25) is 0 Å². The van der Waals surface area contributed by atoms with E-state index in [1.165, 1.54) is 0 Å². The fraction of sp³-hybridized carbons (Fsp3) is 0.444. The molecule has 1 aromatic carbocycles. The second-order valence-corrected chi connectivity index (χ2v) is 6.88. The molecule has 0 amide bonds. The molecular formula is C18H23F3N4OS. The molecule has 9 heteroatoms. The lowest BCUT2D eigenvalue weighted by atomic mass is 10.2. The summed E-state index contributed by atoms with van der Waals surface area (Å²) in [7, 11) is 0. The van der Waals surface area contributed by atoms with Crippen LogP contribution in [0.15, 0.2) is 34.6 Å². The van der Waals surface area contributed by atoms with Crippen LogP contribution < -0.4 is 15.4 Å². The number of benzene rings is 1. The summed E-state index contributed by atoms with van der Waals surface area (Å²) in [6.07, 6.45) is -4.54. The maximum Gasteiger partial charge on any atom is 0.434 e. The average Bonchev–Trinajstić information content (AvgIpc) is 3.09. The van der Waals surface area contributed by atoms with Crippen LogP contribution in [0.2, 0.25) is 0 Å². The van der Waals surface area contributed by atoms with E-state index in [9.17, 15) is 13.2 Å². The summed E-state index contributed by atoms with van der Waals surface area (Å²) in [4.78, 5) is 7.87. The highest BCUT2D eigenvalue weighted by molar-refractivity contribution is 7.09. The zero-order chi connectivity index (χ0) is 19.9. The van der Waals surface area contributed by atoms with E-state index in [1.807, 2.05) is 45.0 Å². The van der Waals surface area contributed by atoms with Crippen molar-refractivity contribution in [1.82, 2.24) is 15.6 Å². The SMILES string of the molecule is CCNC(=NCc1nc(C(F)(F)F)cs1)NCC(C)Oc1ccc(C)cc1. The number of nitrogens with one attached hydrogen (secondary N) is 2. The first-order valence-corrected chi connectivity index (χ1v) is 9.43. The van der Waals surface area contributed by atoms with Crippen molar-refractivity contribution < 1.29 is 17.9 Å². The summed E-state index contributed by atoms with van der Waals surface area (Å²) in [5.41, 5.74) is 0.279. The Morgan fingerprint density at radius 3 is 2.56 bits per heavy atom. The van der Waals surface area contributed by atoms with Crippen molar-refractivity contribution in [3.8, 4) is 5.75 Å². The number of aryl methyl sites for hydroxylation is 1. The molecular weight excluding hydrogens is 377 g/mol. The number of aliphatic imine (C=N–C) groups is 1. The van der Waals surface area contributed by atoms with Crippen LogP contribution in [0.3, 0.4) is 0 Å². The molecule has 27 heavy (non-hydrogen) atoms. The fourth-order valence-electron chi connectivity index (χ4n) is 2.13. The number of ether oxygens (including phenoxy) is 1. The minimum Gasteiger partial charge on any atom is -0.489 e. The smallest absolute Gasteiger partial charge is 0.434 e. The maximum absolute atomic E-state index is 12.6.